The van der Waals surface area contributed by atoms with Crippen LogP contribution in [-0.2, 0) is 30.3 Å². The van der Waals surface area contributed by atoms with Crippen molar-refractivity contribution in [1.82, 2.24) is 9.97 Å². The van der Waals surface area contributed by atoms with Crippen molar-refractivity contribution in [2.75, 3.05) is 0 Å². The molecule has 12 heteroatoms. The fraction of sp³-hybridized carbons (Fsp3) is 0.190. The average molecular weight is 949 g/mol. The molecule has 4 unspecified atom stereocenters. The number of hydrogen-bond acceptors (Lipinski definition) is 10. The summed E-state index contributed by atoms with van der Waals surface area (Å²) in [5.41, 5.74) is 12.3. The van der Waals surface area contributed by atoms with Gasteiger partial charge >= 0.3 is 11.9 Å². The molecule has 4 N–H and O–H groups in total. The van der Waals surface area contributed by atoms with E-state index in [-0.39, 0.29) is 12.8 Å². The number of fused-ring (bicyclic) bond motifs is 2. The third kappa shape index (κ3) is 9.71. The van der Waals surface area contributed by atoms with Gasteiger partial charge in [0.15, 0.2) is 12.5 Å². The predicted octanol–water partition coefficient (Wildman–Crippen LogP) is 8.27. The molecule has 54 heavy (non-hydrogen) atoms. The average Bonchev–Trinajstić information content (AvgIpc) is 3.14. The van der Waals surface area contributed by atoms with Crippen LogP contribution in [0.3, 0.4) is 0 Å². The van der Waals surface area contributed by atoms with Crippen LogP contribution in [0, 0.1) is 7.14 Å². The molecule has 4 atom stereocenters. The molecule has 2 heterocycles. The fourth-order valence-electron chi connectivity index (χ4n) is 6.32. The van der Waals surface area contributed by atoms with Crippen LogP contribution >= 0.6 is 45.2 Å². The van der Waals surface area contributed by atoms with E-state index in [1.807, 2.05) is 98.8 Å². The van der Waals surface area contributed by atoms with E-state index in [0.29, 0.717) is 11.5 Å². The maximum absolute atomic E-state index is 12.9. The van der Waals surface area contributed by atoms with Crippen molar-refractivity contribution >= 4 is 78.7 Å². The molecule has 276 valence electrons. The van der Waals surface area contributed by atoms with Crippen LogP contribution in [-0.4, -0.2) is 34.4 Å². The minimum atomic E-state index is -1.09. The molecule has 0 aliphatic rings. The monoisotopic (exact) mass is 948 g/mol. The van der Waals surface area contributed by atoms with Crippen molar-refractivity contribution in [2.45, 2.75) is 50.3 Å². The highest BCUT2D eigenvalue weighted by Gasteiger charge is 2.35. The molecular formula is C42H38I2N4O6. The normalized spacial score (nSPS) is 14.9. The van der Waals surface area contributed by atoms with Gasteiger partial charge in [0.25, 0.3) is 0 Å². The summed E-state index contributed by atoms with van der Waals surface area (Å²) >= 11 is 4.55. The zero-order chi connectivity index (χ0) is 38.3. The van der Waals surface area contributed by atoms with Crippen molar-refractivity contribution < 1.29 is 28.5 Å². The first-order valence-corrected chi connectivity index (χ1v) is 19.2. The van der Waals surface area contributed by atoms with E-state index in [2.05, 4.69) is 67.3 Å². The number of pyridine rings is 2. The molecule has 6 rings (SSSR count). The number of benzene rings is 4. The van der Waals surface area contributed by atoms with E-state index < -0.39 is 35.6 Å². The summed E-state index contributed by atoms with van der Waals surface area (Å²) in [5, 5.41) is 3.91. The smallest absolute Gasteiger partial charge is 0.332 e. The van der Waals surface area contributed by atoms with Gasteiger partial charge in [0.05, 0.1) is 0 Å². The van der Waals surface area contributed by atoms with Gasteiger partial charge in [-0.3, -0.25) is 21.4 Å². The summed E-state index contributed by atoms with van der Waals surface area (Å²) in [5.74, 6) is -0.364. The Morgan fingerprint density at radius 2 is 1.02 bits per heavy atom. The van der Waals surface area contributed by atoms with E-state index >= 15 is 0 Å². The summed E-state index contributed by atoms with van der Waals surface area (Å²) in [6.45, 7) is 3.75. The van der Waals surface area contributed by atoms with Crippen LogP contribution in [0.2, 0.25) is 0 Å². The minimum Gasteiger partial charge on any atom is -0.482 e. The molecule has 2 aromatic heterocycles. The predicted molar refractivity (Wildman–Crippen MR) is 224 cm³/mol. The molecule has 6 aromatic rings. The van der Waals surface area contributed by atoms with Gasteiger partial charge in [0.2, 0.25) is 0 Å². The van der Waals surface area contributed by atoms with Crippen LogP contribution in [0.4, 0.5) is 0 Å². The number of halogens is 2. The third-order valence-corrected chi connectivity index (χ3v) is 10.3. The van der Waals surface area contributed by atoms with E-state index in [1.165, 1.54) is 0 Å². The fourth-order valence-corrected chi connectivity index (χ4v) is 7.35. The van der Waals surface area contributed by atoms with Crippen LogP contribution in [0.5, 0.6) is 11.5 Å². The maximum Gasteiger partial charge on any atom is 0.332 e. The third-order valence-electron chi connectivity index (χ3n) is 8.93. The summed E-state index contributed by atoms with van der Waals surface area (Å²) in [4.78, 5) is 34.0. The molecule has 0 bridgehead atoms. The van der Waals surface area contributed by atoms with E-state index in [9.17, 15) is 9.59 Å². The summed E-state index contributed by atoms with van der Waals surface area (Å²) in [6.07, 6.45) is 6.57. The molecule has 0 aliphatic heterocycles. The molecular weight excluding hydrogens is 910 g/mol. The number of aromatic nitrogens is 2. The van der Waals surface area contributed by atoms with Crippen LogP contribution in [0.1, 0.15) is 37.8 Å². The number of carbonyl (C=O) groups excluding carboxylic acids is 2. The molecule has 0 saturated heterocycles. The number of rotatable bonds is 14. The second-order valence-corrected chi connectivity index (χ2v) is 15.6. The molecule has 0 spiro atoms. The minimum absolute atomic E-state index is 0.0934. The lowest BCUT2D eigenvalue weighted by atomic mass is 9.92. The number of nitrogens with two attached hydrogens (primary N) is 2. The molecule has 0 aliphatic carbocycles. The molecule has 0 saturated carbocycles. The lowest BCUT2D eigenvalue weighted by Crippen LogP contribution is -2.40. The number of esters is 2. The summed E-state index contributed by atoms with van der Waals surface area (Å²) in [7, 11) is 0. The zero-order valence-corrected chi connectivity index (χ0v) is 33.8. The highest BCUT2D eigenvalue weighted by Crippen LogP contribution is 2.38. The standard InChI is InChI=1S/C42H38I2N4O6/c1-41(29-15-19-47-20-16-29,53-35-7-3-5-27-23-31(43)9-11-33(27)35)25-37(45)51-39(49)13-14-40(50)52-38(46)26-42(2,30-17-21-48-22-18-30)54-36-8-4-6-28-24-32(44)10-12-34(28)36/h3-24,37-38H,25-26,45-46H2,1-2H3/b14-13-. The molecule has 0 amide bonds. The van der Waals surface area contributed by atoms with Gasteiger partial charge in [-0.1, -0.05) is 24.3 Å². The van der Waals surface area contributed by atoms with Gasteiger partial charge in [0.1, 0.15) is 22.7 Å². The topological polar surface area (TPSA) is 149 Å². The van der Waals surface area contributed by atoms with Crippen LogP contribution in [0.25, 0.3) is 21.5 Å². The number of ether oxygens (including phenoxy) is 4. The Hall–Kier alpha value is -4.64. The Morgan fingerprint density at radius 3 is 1.41 bits per heavy atom. The Balaban J connectivity index is 1.10. The van der Waals surface area contributed by atoms with Gasteiger partial charge in [-0.25, -0.2) is 9.59 Å². The highest BCUT2D eigenvalue weighted by atomic mass is 127. The van der Waals surface area contributed by atoms with Crippen molar-refractivity contribution in [3.05, 3.63) is 152 Å². The second kappa shape index (κ2) is 17.2. The lowest BCUT2D eigenvalue weighted by Gasteiger charge is -2.33. The molecule has 10 nitrogen and oxygen atoms in total. The Labute approximate surface area is 340 Å². The number of nitrogens with zero attached hydrogens (tertiary/aromatic N) is 2. The number of carbonyl (C=O) groups is 2. The Bertz CT molecular complexity index is 2130. The first-order chi connectivity index (χ1) is 25.9. The van der Waals surface area contributed by atoms with Gasteiger partial charge in [-0.05, 0) is 154 Å². The lowest BCUT2D eigenvalue weighted by molar-refractivity contribution is -0.148. The van der Waals surface area contributed by atoms with E-state index in [4.69, 9.17) is 30.4 Å². The van der Waals surface area contributed by atoms with Crippen molar-refractivity contribution in [1.29, 1.82) is 0 Å². The van der Waals surface area contributed by atoms with Gasteiger partial charge < -0.3 is 18.9 Å². The second-order valence-electron chi connectivity index (χ2n) is 13.1. The first kappa shape index (κ1) is 39.1. The van der Waals surface area contributed by atoms with Gasteiger partial charge in [-0.2, -0.15) is 0 Å². The quantitative estimate of drug-likeness (QED) is 0.0473. The first-order valence-electron chi connectivity index (χ1n) is 17.1. The van der Waals surface area contributed by atoms with Crippen LogP contribution in [0.15, 0.2) is 134 Å². The molecule has 0 radical (unpaired) electrons. The summed E-state index contributed by atoms with van der Waals surface area (Å²) in [6, 6.07) is 31.2. The highest BCUT2D eigenvalue weighted by molar-refractivity contribution is 14.1. The van der Waals surface area contributed by atoms with Crippen molar-refractivity contribution in [2.24, 2.45) is 11.5 Å². The zero-order valence-electron chi connectivity index (χ0n) is 29.5. The largest absolute Gasteiger partial charge is 0.482 e. The Morgan fingerprint density at radius 1 is 0.630 bits per heavy atom. The number of hydrogen-bond donors (Lipinski definition) is 2. The van der Waals surface area contributed by atoms with Crippen LogP contribution < -0.4 is 20.9 Å². The van der Waals surface area contributed by atoms with E-state index in [1.54, 1.807) is 24.8 Å². The van der Waals surface area contributed by atoms with Crippen molar-refractivity contribution in [3.8, 4) is 11.5 Å². The molecule has 4 aromatic carbocycles. The van der Waals surface area contributed by atoms with Gasteiger partial charge in [0, 0.05) is 67.7 Å². The van der Waals surface area contributed by atoms with Gasteiger partial charge in [-0.15, -0.1) is 0 Å². The SMILES string of the molecule is CC(CC(N)OC(=O)/C=C\C(=O)OC(N)CC(C)(Oc1cccc2cc(I)ccc12)c1ccncc1)(Oc1cccc2cc(I)ccc12)c1ccncc1. The Kier molecular flexibility index (Phi) is 12.5. The van der Waals surface area contributed by atoms with Crippen molar-refractivity contribution in [3.63, 3.8) is 0 Å². The maximum atomic E-state index is 12.9. The van der Waals surface area contributed by atoms with E-state index in [0.717, 1.165) is 52.0 Å². The summed E-state index contributed by atoms with van der Waals surface area (Å²) < 4.78 is 26.5. The molecule has 0 fully saturated rings.